The van der Waals surface area contributed by atoms with Gasteiger partial charge >= 0.3 is 5.97 Å². The number of methoxy groups -OCH3 is 1. The van der Waals surface area contributed by atoms with Crippen molar-refractivity contribution in [3.8, 4) is 0 Å². The number of carbonyl (C=O) groups is 2. The fourth-order valence-corrected chi connectivity index (χ4v) is 7.28. The van der Waals surface area contributed by atoms with Crippen molar-refractivity contribution in [2.24, 2.45) is 5.92 Å². The van der Waals surface area contributed by atoms with Crippen LogP contribution in [0.25, 0.3) is 0 Å². The van der Waals surface area contributed by atoms with Gasteiger partial charge < -0.3 is 10.1 Å². The molecule has 11 heteroatoms. The number of benzene rings is 1. The number of esters is 1. The zero-order valence-electron chi connectivity index (χ0n) is 19.2. The number of halogens is 1. The molecule has 2 aliphatic heterocycles. The summed E-state index contributed by atoms with van der Waals surface area (Å²) in [6, 6.07) is 4.67. The van der Waals surface area contributed by atoms with Gasteiger partial charge in [-0.25, -0.2) is 17.6 Å². The van der Waals surface area contributed by atoms with E-state index in [-0.39, 0.29) is 23.9 Å². The van der Waals surface area contributed by atoms with Crippen LogP contribution in [0.5, 0.6) is 0 Å². The average Bonchev–Trinajstić information content (AvgIpc) is 3.20. The number of nitrogens with one attached hydrogen (secondary N) is 1. The molecular weight excluding hydrogens is 481 g/mol. The van der Waals surface area contributed by atoms with Crippen molar-refractivity contribution >= 4 is 38.2 Å². The number of carbonyl (C=O) groups excluding carboxylic acids is 2. The summed E-state index contributed by atoms with van der Waals surface area (Å²) in [6.07, 6.45) is 1.76. The Balaban J connectivity index is 1.53. The van der Waals surface area contributed by atoms with Crippen molar-refractivity contribution < 1.29 is 27.1 Å². The van der Waals surface area contributed by atoms with E-state index in [1.807, 2.05) is 0 Å². The number of hydrogen-bond acceptors (Lipinski definition) is 7. The van der Waals surface area contributed by atoms with E-state index < -0.39 is 27.7 Å². The number of nitrogens with zero attached hydrogens (tertiary/aromatic N) is 2. The van der Waals surface area contributed by atoms with Gasteiger partial charge in [0.2, 0.25) is 15.9 Å². The number of rotatable bonds is 6. The number of ether oxygens (including phenoxy) is 1. The molecule has 1 amide bonds. The highest BCUT2D eigenvalue weighted by atomic mass is 32.2. The summed E-state index contributed by atoms with van der Waals surface area (Å²) in [5.74, 6) is -1.89. The van der Waals surface area contributed by atoms with Crippen molar-refractivity contribution in [2.45, 2.75) is 37.6 Å². The second kappa shape index (κ2) is 10.1. The number of amides is 1. The number of likely N-dealkylation sites (N-methyl/N-ethyl adjacent to an activating group) is 1. The first kappa shape index (κ1) is 24.8. The molecule has 0 bridgehead atoms. The van der Waals surface area contributed by atoms with E-state index in [1.54, 1.807) is 0 Å². The highest BCUT2D eigenvalue weighted by Crippen LogP contribution is 2.38. The first-order valence-electron chi connectivity index (χ1n) is 11.3. The minimum absolute atomic E-state index is 0.00524. The van der Waals surface area contributed by atoms with Crippen LogP contribution in [-0.4, -0.2) is 62.8 Å². The van der Waals surface area contributed by atoms with Gasteiger partial charge in [0.25, 0.3) is 0 Å². The average molecular weight is 510 g/mol. The Hall–Kier alpha value is -2.34. The molecule has 1 saturated heterocycles. The van der Waals surface area contributed by atoms with Crippen molar-refractivity contribution in [1.29, 1.82) is 0 Å². The zero-order valence-corrected chi connectivity index (χ0v) is 20.8. The third-order valence-electron chi connectivity index (χ3n) is 6.42. The lowest BCUT2D eigenvalue weighted by Gasteiger charge is -2.31. The number of hydrogen-bond donors (Lipinski definition) is 1. The lowest BCUT2D eigenvalue weighted by Crippen LogP contribution is -2.43. The van der Waals surface area contributed by atoms with Crippen LogP contribution in [0, 0.1) is 11.7 Å². The molecule has 1 unspecified atom stereocenters. The molecule has 1 fully saturated rings. The van der Waals surface area contributed by atoms with Gasteiger partial charge in [-0.15, -0.1) is 11.3 Å². The van der Waals surface area contributed by atoms with Gasteiger partial charge in [0.15, 0.2) is 0 Å². The molecule has 3 heterocycles. The molecule has 0 saturated carbocycles. The van der Waals surface area contributed by atoms with Crippen molar-refractivity contribution in [3.63, 3.8) is 0 Å². The lowest BCUT2D eigenvalue weighted by molar-refractivity contribution is -0.120. The molecule has 0 spiro atoms. The number of anilines is 1. The summed E-state index contributed by atoms with van der Waals surface area (Å²) < 4.78 is 45.5. The highest BCUT2D eigenvalue weighted by molar-refractivity contribution is 7.89. The normalized spacial score (nSPS) is 19.4. The lowest BCUT2D eigenvalue weighted by atomic mass is 9.98. The van der Waals surface area contributed by atoms with Crippen LogP contribution in [0.15, 0.2) is 29.2 Å². The van der Waals surface area contributed by atoms with Gasteiger partial charge in [-0.05, 0) is 55.6 Å². The third-order valence-corrected chi connectivity index (χ3v) is 9.43. The fourth-order valence-electron chi connectivity index (χ4n) is 4.48. The number of piperidine rings is 1. The Morgan fingerprint density at radius 2 is 1.97 bits per heavy atom. The largest absolute Gasteiger partial charge is 0.465 e. The minimum atomic E-state index is -3.85. The molecule has 2 aromatic rings. The Morgan fingerprint density at radius 3 is 2.65 bits per heavy atom. The minimum Gasteiger partial charge on any atom is -0.465 e. The smallest absolute Gasteiger partial charge is 0.341 e. The quantitative estimate of drug-likeness (QED) is 0.602. The molecule has 1 atom stereocenters. The number of fused-ring (bicyclic) bond motifs is 1. The summed E-state index contributed by atoms with van der Waals surface area (Å²) in [6.45, 7) is 4.83. The van der Waals surface area contributed by atoms with E-state index in [1.165, 1.54) is 34.9 Å². The van der Waals surface area contributed by atoms with Gasteiger partial charge in [-0.1, -0.05) is 6.92 Å². The summed E-state index contributed by atoms with van der Waals surface area (Å²) in [5.41, 5.74) is 1.32. The number of sulfonamides is 1. The molecule has 184 valence electrons. The van der Waals surface area contributed by atoms with E-state index in [0.29, 0.717) is 36.4 Å². The topological polar surface area (TPSA) is 96.0 Å². The molecule has 8 nitrogen and oxygen atoms in total. The van der Waals surface area contributed by atoms with Crippen LogP contribution in [-0.2, 0) is 32.5 Å². The maximum Gasteiger partial charge on any atom is 0.341 e. The monoisotopic (exact) mass is 509 g/mol. The van der Waals surface area contributed by atoms with E-state index in [0.717, 1.165) is 35.7 Å². The summed E-state index contributed by atoms with van der Waals surface area (Å²) in [4.78, 5) is 29.0. The van der Waals surface area contributed by atoms with Crippen LogP contribution in [0.1, 0.15) is 40.6 Å². The summed E-state index contributed by atoms with van der Waals surface area (Å²) >= 11 is 1.38. The molecule has 1 aromatic carbocycles. The summed E-state index contributed by atoms with van der Waals surface area (Å²) in [5, 5.41) is 3.35. The van der Waals surface area contributed by atoms with Crippen LogP contribution >= 0.6 is 11.3 Å². The van der Waals surface area contributed by atoms with Crippen LogP contribution < -0.4 is 5.32 Å². The molecular formula is C23H28FN3O5S2. The molecule has 1 N–H and O–H groups in total. The molecule has 0 radical (unpaired) electrons. The van der Waals surface area contributed by atoms with Crippen molar-refractivity contribution in [3.05, 3.63) is 46.1 Å². The van der Waals surface area contributed by atoms with E-state index in [2.05, 4.69) is 17.1 Å². The Morgan fingerprint density at radius 1 is 1.24 bits per heavy atom. The maximum atomic E-state index is 13.2. The fraction of sp³-hybridized carbons (Fsp3) is 0.478. The van der Waals surface area contributed by atoms with Gasteiger partial charge in [0.1, 0.15) is 10.8 Å². The first-order valence-corrected chi connectivity index (χ1v) is 13.5. The molecule has 0 aliphatic carbocycles. The third kappa shape index (κ3) is 4.88. The van der Waals surface area contributed by atoms with Crippen molar-refractivity contribution in [1.82, 2.24) is 9.21 Å². The predicted octanol–water partition coefficient (Wildman–Crippen LogP) is 3.09. The first-order chi connectivity index (χ1) is 16.2. The number of thiophene rings is 1. The van der Waals surface area contributed by atoms with E-state index >= 15 is 0 Å². The Labute approximate surface area is 202 Å². The maximum absolute atomic E-state index is 13.2. The molecule has 2 aliphatic rings. The van der Waals surface area contributed by atoms with E-state index in [4.69, 9.17) is 4.74 Å². The van der Waals surface area contributed by atoms with Gasteiger partial charge in [0.05, 0.1) is 23.5 Å². The predicted molar refractivity (Wildman–Crippen MR) is 127 cm³/mol. The van der Waals surface area contributed by atoms with Crippen LogP contribution in [0.3, 0.4) is 0 Å². The standard InChI is InChI=1S/C23H28FN3O5S2/c1-3-26-12-10-18-19(14-26)33-22(20(18)23(29)32-2)25-21(28)15-5-4-11-27(13-15)34(30,31)17-8-6-16(24)7-9-17/h6-9,15H,3-5,10-14H2,1-2H3,(H,25,28). The molecule has 4 rings (SSSR count). The van der Waals surface area contributed by atoms with Crippen molar-refractivity contribution in [2.75, 3.05) is 38.6 Å². The van der Waals surface area contributed by atoms with Gasteiger partial charge in [-0.2, -0.15) is 4.31 Å². The highest BCUT2D eigenvalue weighted by Gasteiger charge is 2.35. The second-order valence-corrected chi connectivity index (χ2v) is 11.5. The molecule has 1 aromatic heterocycles. The van der Waals surface area contributed by atoms with Crippen LogP contribution in [0.4, 0.5) is 9.39 Å². The van der Waals surface area contributed by atoms with E-state index in [9.17, 15) is 22.4 Å². The SMILES string of the molecule is CCN1CCc2c(sc(NC(=O)C3CCCN(S(=O)(=O)c4ccc(F)cc4)C3)c2C(=O)OC)C1. The van der Waals surface area contributed by atoms with Crippen LogP contribution in [0.2, 0.25) is 0 Å². The Kier molecular flexibility index (Phi) is 7.36. The Bertz CT molecular complexity index is 1180. The van der Waals surface area contributed by atoms with Gasteiger partial charge in [0, 0.05) is 31.1 Å². The zero-order chi connectivity index (χ0) is 24.5. The second-order valence-electron chi connectivity index (χ2n) is 8.46. The summed E-state index contributed by atoms with van der Waals surface area (Å²) in [7, 11) is -2.53. The van der Waals surface area contributed by atoms with Gasteiger partial charge in [-0.3, -0.25) is 9.69 Å². The molecule has 34 heavy (non-hydrogen) atoms.